The second kappa shape index (κ2) is 4.52. The van der Waals surface area contributed by atoms with E-state index in [2.05, 4.69) is 29.6 Å². The van der Waals surface area contributed by atoms with E-state index in [0.29, 0.717) is 5.92 Å². The highest BCUT2D eigenvalue weighted by Gasteiger charge is 2.28. The molecule has 1 N–H and O–H groups in total. The van der Waals surface area contributed by atoms with Gasteiger partial charge in [0.2, 0.25) is 5.91 Å². The molecule has 0 radical (unpaired) electrons. The summed E-state index contributed by atoms with van der Waals surface area (Å²) < 4.78 is 0. The number of carbonyl (C=O) groups is 1. The molecule has 0 aliphatic heterocycles. The Kier molecular flexibility index (Phi) is 2.87. The second-order valence-corrected chi connectivity index (χ2v) is 5.28. The van der Waals surface area contributed by atoms with Gasteiger partial charge in [-0.2, -0.15) is 0 Å². The third kappa shape index (κ3) is 2.08. The topological polar surface area (TPSA) is 29.1 Å². The van der Waals surface area contributed by atoms with Crippen LogP contribution < -0.4 is 5.32 Å². The molecule has 2 aliphatic rings. The van der Waals surface area contributed by atoms with Crippen molar-refractivity contribution in [1.29, 1.82) is 0 Å². The summed E-state index contributed by atoms with van der Waals surface area (Å²) in [6.07, 6.45) is 6.83. The van der Waals surface area contributed by atoms with Crippen LogP contribution in [-0.4, -0.2) is 5.91 Å². The normalized spacial score (nSPS) is 23.6. The van der Waals surface area contributed by atoms with E-state index in [-0.39, 0.29) is 11.9 Å². The third-order valence-corrected chi connectivity index (χ3v) is 4.16. The van der Waals surface area contributed by atoms with Crippen molar-refractivity contribution in [2.24, 2.45) is 5.92 Å². The van der Waals surface area contributed by atoms with E-state index in [1.165, 1.54) is 24.0 Å². The Morgan fingerprint density at radius 3 is 2.71 bits per heavy atom. The van der Waals surface area contributed by atoms with Gasteiger partial charge in [0, 0.05) is 5.92 Å². The van der Waals surface area contributed by atoms with Gasteiger partial charge in [-0.05, 0) is 43.2 Å². The lowest BCUT2D eigenvalue weighted by molar-refractivity contribution is -0.128. The van der Waals surface area contributed by atoms with Crippen molar-refractivity contribution in [3.05, 3.63) is 35.4 Å². The SMILES string of the molecule is O=C(NC1CCCc2ccccc21)C1CCC1. The Labute approximate surface area is 102 Å². The molecular formula is C15H19NO. The maximum absolute atomic E-state index is 12.0. The molecule has 2 heteroatoms. The number of nitrogens with one attached hydrogen (secondary N) is 1. The minimum absolute atomic E-state index is 0.257. The van der Waals surface area contributed by atoms with Crippen molar-refractivity contribution in [2.45, 2.75) is 44.6 Å². The van der Waals surface area contributed by atoms with E-state index in [9.17, 15) is 4.79 Å². The van der Waals surface area contributed by atoms with Crippen LogP contribution in [-0.2, 0) is 11.2 Å². The summed E-state index contributed by atoms with van der Waals surface area (Å²) >= 11 is 0. The molecule has 0 saturated heterocycles. The summed E-state index contributed by atoms with van der Waals surface area (Å²) in [5.74, 6) is 0.571. The third-order valence-electron chi connectivity index (χ3n) is 4.16. The van der Waals surface area contributed by atoms with Crippen LogP contribution >= 0.6 is 0 Å². The van der Waals surface area contributed by atoms with Crippen LogP contribution in [0.5, 0.6) is 0 Å². The number of amides is 1. The zero-order chi connectivity index (χ0) is 11.7. The summed E-state index contributed by atoms with van der Waals surface area (Å²) in [5, 5.41) is 3.24. The highest BCUT2D eigenvalue weighted by Crippen LogP contribution is 2.32. The summed E-state index contributed by atoms with van der Waals surface area (Å²) in [4.78, 5) is 12.0. The van der Waals surface area contributed by atoms with Crippen molar-refractivity contribution in [3.8, 4) is 0 Å². The molecule has 3 rings (SSSR count). The zero-order valence-electron chi connectivity index (χ0n) is 10.1. The van der Waals surface area contributed by atoms with Crippen molar-refractivity contribution >= 4 is 5.91 Å². The zero-order valence-corrected chi connectivity index (χ0v) is 10.1. The van der Waals surface area contributed by atoms with Crippen LogP contribution in [0.15, 0.2) is 24.3 Å². The number of aryl methyl sites for hydroxylation is 1. The quantitative estimate of drug-likeness (QED) is 0.830. The highest BCUT2D eigenvalue weighted by molar-refractivity contribution is 5.79. The number of benzene rings is 1. The van der Waals surface area contributed by atoms with E-state index in [0.717, 1.165) is 25.7 Å². The summed E-state index contributed by atoms with van der Waals surface area (Å²) in [5.41, 5.74) is 2.75. The van der Waals surface area contributed by atoms with Crippen molar-refractivity contribution in [3.63, 3.8) is 0 Å². The summed E-state index contributed by atoms with van der Waals surface area (Å²) in [6.45, 7) is 0. The minimum Gasteiger partial charge on any atom is -0.349 e. The van der Waals surface area contributed by atoms with Crippen LogP contribution in [0.2, 0.25) is 0 Å². The van der Waals surface area contributed by atoms with Crippen LogP contribution in [0.25, 0.3) is 0 Å². The molecule has 0 bridgehead atoms. The molecule has 2 aliphatic carbocycles. The van der Waals surface area contributed by atoms with E-state index >= 15 is 0 Å². The predicted molar refractivity (Wildman–Crippen MR) is 67.6 cm³/mol. The molecule has 0 heterocycles. The van der Waals surface area contributed by atoms with Gasteiger partial charge in [-0.15, -0.1) is 0 Å². The molecule has 17 heavy (non-hydrogen) atoms. The van der Waals surface area contributed by atoms with E-state index in [4.69, 9.17) is 0 Å². The maximum Gasteiger partial charge on any atom is 0.223 e. The molecule has 1 amide bonds. The van der Waals surface area contributed by atoms with Crippen LogP contribution in [0, 0.1) is 5.92 Å². The first kappa shape index (κ1) is 10.8. The average molecular weight is 229 g/mol. The average Bonchev–Trinajstić information content (AvgIpc) is 2.27. The van der Waals surface area contributed by atoms with Gasteiger partial charge in [-0.25, -0.2) is 0 Å². The van der Waals surface area contributed by atoms with Crippen molar-refractivity contribution in [1.82, 2.24) is 5.32 Å². The molecule has 1 aromatic rings. The number of hydrogen-bond donors (Lipinski definition) is 1. The molecule has 1 fully saturated rings. The molecular weight excluding hydrogens is 210 g/mol. The number of hydrogen-bond acceptors (Lipinski definition) is 1. The van der Waals surface area contributed by atoms with E-state index in [1.807, 2.05) is 0 Å². The fourth-order valence-electron chi connectivity index (χ4n) is 2.86. The van der Waals surface area contributed by atoms with Crippen LogP contribution in [0.4, 0.5) is 0 Å². The van der Waals surface area contributed by atoms with Crippen LogP contribution in [0.1, 0.15) is 49.3 Å². The van der Waals surface area contributed by atoms with Gasteiger partial charge in [-0.1, -0.05) is 30.7 Å². The number of fused-ring (bicyclic) bond motifs is 1. The van der Waals surface area contributed by atoms with Gasteiger partial charge < -0.3 is 5.32 Å². The van der Waals surface area contributed by atoms with Gasteiger partial charge in [0.05, 0.1) is 6.04 Å². The lowest BCUT2D eigenvalue weighted by Gasteiger charge is -2.30. The summed E-state index contributed by atoms with van der Waals surface area (Å²) in [7, 11) is 0. The fourth-order valence-corrected chi connectivity index (χ4v) is 2.86. The van der Waals surface area contributed by atoms with Crippen LogP contribution in [0.3, 0.4) is 0 Å². The predicted octanol–water partition coefficient (Wildman–Crippen LogP) is 2.98. The highest BCUT2D eigenvalue weighted by atomic mass is 16.2. The van der Waals surface area contributed by atoms with Gasteiger partial charge in [0.15, 0.2) is 0 Å². The Morgan fingerprint density at radius 1 is 1.12 bits per heavy atom. The minimum atomic E-state index is 0.257. The monoisotopic (exact) mass is 229 g/mol. The van der Waals surface area contributed by atoms with Gasteiger partial charge in [0.25, 0.3) is 0 Å². The molecule has 1 atom stereocenters. The largest absolute Gasteiger partial charge is 0.349 e. The Balaban J connectivity index is 1.73. The fraction of sp³-hybridized carbons (Fsp3) is 0.533. The number of rotatable bonds is 2. The smallest absolute Gasteiger partial charge is 0.223 e. The van der Waals surface area contributed by atoms with E-state index < -0.39 is 0 Å². The Bertz CT molecular complexity index is 423. The lowest BCUT2D eigenvalue weighted by Crippen LogP contribution is -2.38. The standard InChI is InChI=1S/C15H19NO/c17-15(12-7-3-8-12)16-14-10-4-6-11-5-1-2-9-13(11)14/h1-2,5,9,12,14H,3-4,6-8,10H2,(H,16,17). The first-order chi connectivity index (χ1) is 8.34. The Morgan fingerprint density at radius 2 is 1.94 bits per heavy atom. The van der Waals surface area contributed by atoms with Gasteiger partial charge in [0.1, 0.15) is 0 Å². The number of carbonyl (C=O) groups excluding carboxylic acids is 1. The van der Waals surface area contributed by atoms with Gasteiger partial charge in [-0.3, -0.25) is 4.79 Å². The summed E-state index contributed by atoms with van der Waals surface area (Å²) in [6, 6.07) is 8.78. The second-order valence-electron chi connectivity index (χ2n) is 5.28. The van der Waals surface area contributed by atoms with Crippen molar-refractivity contribution in [2.75, 3.05) is 0 Å². The first-order valence-electron chi connectivity index (χ1n) is 6.73. The van der Waals surface area contributed by atoms with Gasteiger partial charge >= 0.3 is 0 Å². The first-order valence-corrected chi connectivity index (χ1v) is 6.73. The molecule has 1 saturated carbocycles. The molecule has 1 aromatic carbocycles. The van der Waals surface area contributed by atoms with Crippen molar-refractivity contribution < 1.29 is 4.79 Å². The van der Waals surface area contributed by atoms with E-state index in [1.54, 1.807) is 0 Å². The molecule has 1 unspecified atom stereocenters. The molecule has 0 aromatic heterocycles. The molecule has 2 nitrogen and oxygen atoms in total. The Hall–Kier alpha value is -1.31. The molecule has 90 valence electrons. The lowest BCUT2D eigenvalue weighted by atomic mass is 9.83. The molecule has 0 spiro atoms. The maximum atomic E-state index is 12.0.